The Bertz CT molecular complexity index is 793. The highest BCUT2D eigenvalue weighted by molar-refractivity contribution is 5.82. The fourth-order valence-electron chi connectivity index (χ4n) is 2.90. The number of hydrogen-bond acceptors (Lipinski definition) is 4. The van der Waals surface area contributed by atoms with Crippen LogP contribution in [0.2, 0.25) is 0 Å². The number of amides is 1. The van der Waals surface area contributed by atoms with E-state index in [1.54, 1.807) is 18.2 Å². The van der Waals surface area contributed by atoms with Gasteiger partial charge in [0, 0.05) is 49.5 Å². The van der Waals surface area contributed by atoms with E-state index in [-0.39, 0.29) is 17.9 Å². The smallest absolute Gasteiger partial charge is 0.227 e. The predicted octanol–water partition coefficient (Wildman–Crippen LogP) is 2.77. The standard InChI is InChI=1S/C18H22N4O2/c1-12(17-15-5-4-10-19-18(15)21-20-17)11-16(23)22(2)13-6-8-14(24-3)9-7-13/h4-8,10,12,14H,9,11H2,1-3H3,(H,19,20,21). The molecule has 2 unspecified atom stereocenters. The zero-order chi connectivity index (χ0) is 17.1. The molecule has 2 heterocycles. The molecule has 0 aromatic carbocycles. The van der Waals surface area contributed by atoms with E-state index in [9.17, 15) is 4.79 Å². The summed E-state index contributed by atoms with van der Waals surface area (Å²) in [6.07, 6.45) is 8.96. The summed E-state index contributed by atoms with van der Waals surface area (Å²) in [5.74, 6) is 0.106. The molecule has 0 radical (unpaired) electrons. The van der Waals surface area contributed by atoms with Crippen LogP contribution in [0.4, 0.5) is 0 Å². The van der Waals surface area contributed by atoms with Gasteiger partial charge in [0.15, 0.2) is 5.65 Å². The van der Waals surface area contributed by atoms with Crippen molar-refractivity contribution in [3.63, 3.8) is 0 Å². The number of aromatic amines is 1. The first kappa shape index (κ1) is 16.4. The molecule has 1 N–H and O–H groups in total. The molecule has 6 nitrogen and oxygen atoms in total. The molecule has 0 bridgehead atoms. The molecule has 1 amide bonds. The first-order chi connectivity index (χ1) is 11.6. The lowest BCUT2D eigenvalue weighted by molar-refractivity contribution is -0.128. The van der Waals surface area contributed by atoms with E-state index in [1.165, 1.54) is 0 Å². The average molecular weight is 326 g/mol. The van der Waals surface area contributed by atoms with E-state index >= 15 is 0 Å². The van der Waals surface area contributed by atoms with Gasteiger partial charge in [-0.2, -0.15) is 5.10 Å². The van der Waals surface area contributed by atoms with Crippen molar-refractivity contribution >= 4 is 16.9 Å². The van der Waals surface area contributed by atoms with E-state index < -0.39 is 0 Å². The predicted molar refractivity (Wildman–Crippen MR) is 92.3 cm³/mol. The van der Waals surface area contributed by atoms with Crippen LogP contribution in [0.1, 0.15) is 31.4 Å². The summed E-state index contributed by atoms with van der Waals surface area (Å²) >= 11 is 0. The van der Waals surface area contributed by atoms with E-state index in [1.807, 2.05) is 44.3 Å². The van der Waals surface area contributed by atoms with Gasteiger partial charge in [0.1, 0.15) is 0 Å². The van der Waals surface area contributed by atoms with Crippen molar-refractivity contribution in [2.45, 2.75) is 31.8 Å². The van der Waals surface area contributed by atoms with Crippen molar-refractivity contribution in [1.82, 2.24) is 20.1 Å². The Balaban J connectivity index is 1.68. The number of rotatable bonds is 5. The van der Waals surface area contributed by atoms with Gasteiger partial charge in [0.25, 0.3) is 0 Å². The number of nitrogens with zero attached hydrogens (tertiary/aromatic N) is 3. The van der Waals surface area contributed by atoms with Crippen molar-refractivity contribution in [2.24, 2.45) is 0 Å². The maximum absolute atomic E-state index is 12.6. The second-order valence-electron chi connectivity index (χ2n) is 6.07. The second kappa shape index (κ2) is 6.97. The van der Waals surface area contributed by atoms with Crippen LogP contribution in [0.15, 0.2) is 42.3 Å². The minimum Gasteiger partial charge on any atom is -0.377 e. The molecule has 0 saturated carbocycles. The summed E-state index contributed by atoms with van der Waals surface area (Å²) in [4.78, 5) is 18.5. The van der Waals surface area contributed by atoms with Crippen molar-refractivity contribution in [3.05, 3.63) is 47.9 Å². The number of ether oxygens (including phenoxy) is 1. The van der Waals surface area contributed by atoms with Crippen molar-refractivity contribution in [3.8, 4) is 0 Å². The number of nitrogens with one attached hydrogen (secondary N) is 1. The summed E-state index contributed by atoms with van der Waals surface area (Å²) in [6, 6.07) is 3.86. The molecule has 6 heteroatoms. The van der Waals surface area contributed by atoms with Gasteiger partial charge in [-0.1, -0.05) is 19.1 Å². The Morgan fingerprint density at radius 2 is 2.38 bits per heavy atom. The zero-order valence-electron chi connectivity index (χ0n) is 14.2. The Morgan fingerprint density at radius 1 is 1.54 bits per heavy atom. The normalized spacial score (nSPS) is 18.5. The number of fused-ring (bicyclic) bond motifs is 1. The molecule has 1 aliphatic rings. The second-order valence-corrected chi connectivity index (χ2v) is 6.07. The first-order valence-electron chi connectivity index (χ1n) is 8.07. The minimum absolute atomic E-state index is 0.0362. The molecule has 2 aromatic heterocycles. The van der Waals surface area contributed by atoms with Gasteiger partial charge < -0.3 is 9.64 Å². The molecule has 126 valence electrons. The number of H-pyrrole nitrogens is 1. The molecule has 0 spiro atoms. The Kier molecular flexibility index (Phi) is 4.76. The molecule has 1 aliphatic carbocycles. The zero-order valence-corrected chi connectivity index (χ0v) is 14.2. The van der Waals surface area contributed by atoms with Gasteiger partial charge in [0.05, 0.1) is 6.10 Å². The Labute approximate surface area is 141 Å². The number of carbonyl (C=O) groups excluding carboxylic acids is 1. The highest BCUT2D eigenvalue weighted by Crippen LogP contribution is 2.26. The van der Waals surface area contributed by atoms with Crippen LogP contribution in [-0.4, -0.2) is 46.2 Å². The lowest BCUT2D eigenvalue weighted by Crippen LogP contribution is -2.28. The molecule has 0 aliphatic heterocycles. The van der Waals surface area contributed by atoms with Crippen LogP contribution in [0.25, 0.3) is 11.0 Å². The first-order valence-corrected chi connectivity index (χ1v) is 8.07. The van der Waals surface area contributed by atoms with Crippen LogP contribution in [-0.2, 0) is 9.53 Å². The van der Waals surface area contributed by atoms with Gasteiger partial charge in [0.2, 0.25) is 5.91 Å². The van der Waals surface area contributed by atoms with E-state index in [2.05, 4.69) is 15.2 Å². The molecular weight excluding hydrogens is 304 g/mol. The van der Waals surface area contributed by atoms with Crippen molar-refractivity contribution < 1.29 is 9.53 Å². The lowest BCUT2D eigenvalue weighted by Gasteiger charge is -2.23. The molecule has 24 heavy (non-hydrogen) atoms. The topological polar surface area (TPSA) is 71.1 Å². The third-order valence-electron chi connectivity index (χ3n) is 4.44. The molecule has 0 fully saturated rings. The third-order valence-corrected chi connectivity index (χ3v) is 4.44. The number of hydrogen-bond donors (Lipinski definition) is 1. The van der Waals surface area contributed by atoms with E-state index in [0.29, 0.717) is 12.1 Å². The van der Waals surface area contributed by atoms with E-state index in [0.717, 1.165) is 23.2 Å². The monoisotopic (exact) mass is 326 g/mol. The van der Waals surface area contributed by atoms with Gasteiger partial charge in [-0.15, -0.1) is 0 Å². The molecule has 2 aromatic rings. The van der Waals surface area contributed by atoms with Crippen molar-refractivity contribution in [1.29, 1.82) is 0 Å². The van der Waals surface area contributed by atoms with E-state index in [4.69, 9.17) is 4.74 Å². The molecular formula is C18H22N4O2. The Morgan fingerprint density at radius 3 is 3.08 bits per heavy atom. The molecule has 2 atom stereocenters. The van der Waals surface area contributed by atoms with Crippen LogP contribution >= 0.6 is 0 Å². The van der Waals surface area contributed by atoms with Gasteiger partial charge >= 0.3 is 0 Å². The summed E-state index contributed by atoms with van der Waals surface area (Å²) in [5.41, 5.74) is 2.55. The number of methoxy groups -OCH3 is 1. The van der Waals surface area contributed by atoms with Crippen LogP contribution in [0.3, 0.4) is 0 Å². The SMILES string of the molecule is COC1C=CC(N(C)C(=O)CC(C)c2[nH]nc3ncccc23)=CC1. The van der Waals surface area contributed by atoms with Gasteiger partial charge in [-0.05, 0) is 24.6 Å². The van der Waals surface area contributed by atoms with Crippen LogP contribution in [0.5, 0.6) is 0 Å². The largest absolute Gasteiger partial charge is 0.377 e. The number of carbonyl (C=O) groups is 1. The van der Waals surface area contributed by atoms with Gasteiger partial charge in [-0.25, -0.2) is 4.98 Å². The molecule has 0 saturated heterocycles. The Hall–Kier alpha value is -2.47. The maximum Gasteiger partial charge on any atom is 0.227 e. The number of likely N-dealkylation sites (N-methyl/N-ethyl adjacent to an activating group) is 1. The third kappa shape index (κ3) is 3.23. The quantitative estimate of drug-likeness (QED) is 0.917. The maximum atomic E-state index is 12.6. The van der Waals surface area contributed by atoms with Crippen molar-refractivity contribution in [2.75, 3.05) is 14.2 Å². The number of aromatic nitrogens is 3. The molecule has 3 rings (SSSR count). The minimum atomic E-state index is 0.0362. The number of pyridine rings is 1. The van der Waals surface area contributed by atoms with Crippen LogP contribution < -0.4 is 0 Å². The highest BCUT2D eigenvalue weighted by Gasteiger charge is 2.21. The summed E-state index contributed by atoms with van der Waals surface area (Å²) < 4.78 is 5.28. The van der Waals surface area contributed by atoms with Gasteiger partial charge in [-0.3, -0.25) is 9.89 Å². The van der Waals surface area contributed by atoms with Crippen LogP contribution in [0, 0.1) is 0 Å². The summed E-state index contributed by atoms with van der Waals surface area (Å²) in [7, 11) is 3.50. The summed E-state index contributed by atoms with van der Waals surface area (Å²) in [6.45, 7) is 2.03. The summed E-state index contributed by atoms with van der Waals surface area (Å²) in [5, 5.41) is 8.20. The lowest BCUT2D eigenvalue weighted by atomic mass is 10.00. The average Bonchev–Trinajstić information content (AvgIpc) is 3.05. The fourth-order valence-corrected chi connectivity index (χ4v) is 2.90. The highest BCUT2D eigenvalue weighted by atomic mass is 16.5. The number of allylic oxidation sites excluding steroid dienone is 1. The fraction of sp³-hybridized carbons (Fsp3) is 0.389.